The minimum absolute atomic E-state index is 0.155. The first kappa shape index (κ1) is 13.0. The van der Waals surface area contributed by atoms with Crippen molar-refractivity contribution in [3.05, 3.63) is 33.6 Å². The molecule has 0 aliphatic carbocycles. The third-order valence-electron chi connectivity index (χ3n) is 3.27. The Morgan fingerprint density at radius 3 is 2.32 bits per heavy atom. The van der Waals surface area contributed by atoms with Crippen molar-refractivity contribution in [1.82, 2.24) is 4.57 Å². The molecule has 0 aliphatic rings. The van der Waals surface area contributed by atoms with Crippen LogP contribution in [0.1, 0.15) is 11.1 Å². The summed E-state index contributed by atoms with van der Waals surface area (Å²) in [4.78, 5) is 12.1. The van der Waals surface area contributed by atoms with Crippen molar-refractivity contribution in [2.75, 3.05) is 14.2 Å². The normalized spacial score (nSPS) is 10.3. The molecular formula is C14H14N2O3. The highest BCUT2D eigenvalue weighted by molar-refractivity contribution is 5.87. The molecule has 0 saturated heterocycles. The van der Waals surface area contributed by atoms with E-state index < -0.39 is 0 Å². The molecule has 0 bridgehead atoms. The number of ether oxygens (including phenoxy) is 2. The Labute approximate surface area is 110 Å². The van der Waals surface area contributed by atoms with Crippen LogP contribution in [0.25, 0.3) is 10.9 Å². The van der Waals surface area contributed by atoms with Gasteiger partial charge in [-0.05, 0) is 18.6 Å². The van der Waals surface area contributed by atoms with Crippen molar-refractivity contribution in [2.45, 2.75) is 6.92 Å². The first-order valence-electron chi connectivity index (χ1n) is 5.70. The van der Waals surface area contributed by atoms with Gasteiger partial charge in [0.15, 0.2) is 11.5 Å². The SMILES string of the molecule is COc1cc2c(C)c(C#N)c(=O)n(C)c2cc1OC. The van der Waals surface area contributed by atoms with Crippen LogP contribution in [0.15, 0.2) is 16.9 Å². The molecule has 0 aliphatic heterocycles. The van der Waals surface area contributed by atoms with Crippen LogP contribution in [-0.2, 0) is 7.05 Å². The fraction of sp³-hybridized carbons (Fsp3) is 0.286. The number of nitrogens with zero attached hydrogens (tertiary/aromatic N) is 2. The van der Waals surface area contributed by atoms with Crippen LogP contribution in [0.3, 0.4) is 0 Å². The van der Waals surface area contributed by atoms with E-state index in [9.17, 15) is 4.79 Å². The topological polar surface area (TPSA) is 64.2 Å². The van der Waals surface area contributed by atoms with Gasteiger partial charge in [-0.2, -0.15) is 5.26 Å². The van der Waals surface area contributed by atoms with Crippen molar-refractivity contribution >= 4 is 10.9 Å². The first-order valence-corrected chi connectivity index (χ1v) is 5.70. The van der Waals surface area contributed by atoms with Crippen LogP contribution in [0.5, 0.6) is 11.5 Å². The molecular weight excluding hydrogens is 244 g/mol. The summed E-state index contributed by atoms with van der Waals surface area (Å²) in [6.07, 6.45) is 0. The van der Waals surface area contributed by atoms with E-state index >= 15 is 0 Å². The average Bonchev–Trinajstić information content (AvgIpc) is 2.44. The zero-order valence-electron chi connectivity index (χ0n) is 11.3. The van der Waals surface area contributed by atoms with Crippen LogP contribution in [0, 0.1) is 18.3 Å². The van der Waals surface area contributed by atoms with Crippen LogP contribution < -0.4 is 15.0 Å². The molecule has 0 N–H and O–H groups in total. The quantitative estimate of drug-likeness (QED) is 0.823. The number of benzene rings is 1. The Bertz CT molecular complexity index is 754. The molecule has 0 radical (unpaired) electrons. The maximum Gasteiger partial charge on any atom is 0.268 e. The van der Waals surface area contributed by atoms with E-state index in [1.807, 2.05) is 6.07 Å². The lowest BCUT2D eigenvalue weighted by molar-refractivity contribution is 0.355. The van der Waals surface area contributed by atoms with Gasteiger partial charge in [-0.25, -0.2) is 0 Å². The van der Waals surface area contributed by atoms with E-state index in [0.717, 1.165) is 5.39 Å². The molecule has 5 heteroatoms. The number of rotatable bonds is 2. The summed E-state index contributed by atoms with van der Waals surface area (Å²) in [5.41, 5.74) is 1.21. The fourth-order valence-electron chi connectivity index (χ4n) is 2.15. The lowest BCUT2D eigenvalue weighted by atomic mass is 10.0. The second-order valence-electron chi connectivity index (χ2n) is 4.20. The van der Waals surface area contributed by atoms with Gasteiger partial charge in [0, 0.05) is 18.5 Å². The van der Waals surface area contributed by atoms with Gasteiger partial charge in [0.25, 0.3) is 5.56 Å². The van der Waals surface area contributed by atoms with Gasteiger partial charge in [0.1, 0.15) is 11.6 Å². The van der Waals surface area contributed by atoms with E-state index in [2.05, 4.69) is 0 Å². The van der Waals surface area contributed by atoms with Crippen LogP contribution >= 0.6 is 0 Å². The van der Waals surface area contributed by atoms with Gasteiger partial charge < -0.3 is 14.0 Å². The summed E-state index contributed by atoms with van der Waals surface area (Å²) in [5, 5.41) is 9.89. The maximum atomic E-state index is 12.1. The molecule has 2 aromatic rings. The van der Waals surface area contributed by atoms with Gasteiger partial charge in [-0.15, -0.1) is 0 Å². The molecule has 0 spiro atoms. The van der Waals surface area contributed by atoms with E-state index in [-0.39, 0.29) is 11.1 Å². The van der Waals surface area contributed by atoms with Gasteiger partial charge in [-0.1, -0.05) is 0 Å². The zero-order valence-corrected chi connectivity index (χ0v) is 11.3. The molecule has 0 unspecified atom stereocenters. The predicted molar refractivity (Wildman–Crippen MR) is 71.7 cm³/mol. The van der Waals surface area contributed by atoms with Crippen LogP contribution in [0.4, 0.5) is 0 Å². The number of aryl methyl sites for hydroxylation is 2. The number of aromatic nitrogens is 1. The lowest BCUT2D eigenvalue weighted by Crippen LogP contribution is -2.21. The number of pyridine rings is 1. The molecule has 1 heterocycles. The number of fused-ring (bicyclic) bond motifs is 1. The first-order chi connectivity index (χ1) is 9.04. The molecule has 19 heavy (non-hydrogen) atoms. The lowest BCUT2D eigenvalue weighted by Gasteiger charge is -2.13. The monoisotopic (exact) mass is 258 g/mol. The fourth-order valence-corrected chi connectivity index (χ4v) is 2.15. The summed E-state index contributed by atoms with van der Waals surface area (Å²) in [6.45, 7) is 1.76. The highest BCUT2D eigenvalue weighted by Crippen LogP contribution is 2.33. The van der Waals surface area contributed by atoms with Gasteiger partial charge in [0.05, 0.1) is 19.7 Å². The van der Waals surface area contributed by atoms with Gasteiger partial charge in [-0.3, -0.25) is 4.79 Å². The molecule has 98 valence electrons. The van der Waals surface area contributed by atoms with Gasteiger partial charge >= 0.3 is 0 Å². The van der Waals surface area contributed by atoms with Crippen molar-refractivity contribution in [1.29, 1.82) is 5.26 Å². The largest absolute Gasteiger partial charge is 0.493 e. The molecule has 0 saturated carbocycles. The Hall–Kier alpha value is -2.48. The minimum atomic E-state index is -0.306. The Morgan fingerprint density at radius 2 is 1.79 bits per heavy atom. The highest BCUT2D eigenvalue weighted by atomic mass is 16.5. The van der Waals surface area contributed by atoms with E-state index in [1.54, 1.807) is 33.2 Å². The highest BCUT2D eigenvalue weighted by Gasteiger charge is 2.15. The molecule has 5 nitrogen and oxygen atoms in total. The summed E-state index contributed by atoms with van der Waals surface area (Å²) in [6, 6.07) is 5.48. The second-order valence-corrected chi connectivity index (χ2v) is 4.20. The van der Waals surface area contributed by atoms with E-state index in [4.69, 9.17) is 14.7 Å². The standard InChI is InChI=1S/C14H14N2O3/c1-8-9-5-12(18-3)13(19-4)6-11(9)16(2)14(17)10(8)7-15/h5-6H,1-4H3. The zero-order chi connectivity index (χ0) is 14.2. The summed E-state index contributed by atoms with van der Waals surface area (Å²) >= 11 is 0. The Kier molecular flexibility index (Phi) is 3.17. The number of methoxy groups -OCH3 is 2. The summed E-state index contributed by atoms with van der Waals surface area (Å²) in [5.74, 6) is 1.12. The number of nitriles is 1. The minimum Gasteiger partial charge on any atom is -0.493 e. The Balaban J connectivity index is 3.01. The number of hydrogen-bond donors (Lipinski definition) is 0. The molecule has 0 atom stereocenters. The van der Waals surface area contributed by atoms with Crippen molar-refractivity contribution < 1.29 is 9.47 Å². The maximum absolute atomic E-state index is 12.1. The third kappa shape index (κ3) is 1.82. The Morgan fingerprint density at radius 1 is 1.21 bits per heavy atom. The van der Waals surface area contributed by atoms with E-state index in [1.165, 1.54) is 11.7 Å². The summed E-state index contributed by atoms with van der Waals surface area (Å²) < 4.78 is 11.9. The van der Waals surface area contributed by atoms with Crippen LogP contribution in [-0.4, -0.2) is 18.8 Å². The van der Waals surface area contributed by atoms with Crippen LogP contribution in [0.2, 0.25) is 0 Å². The molecule has 2 rings (SSSR count). The average molecular weight is 258 g/mol. The smallest absolute Gasteiger partial charge is 0.268 e. The molecule has 0 fully saturated rings. The van der Waals surface area contributed by atoms with Crippen molar-refractivity contribution in [2.24, 2.45) is 7.05 Å². The van der Waals surface area contributed by atoms with E-state index in [0.29, 0.717) is 22.6 Å². The van der Waals surface area contributed by atoms with Gasteiger partial charge in [0.2, 0.25) is 0 Å². The predicted octanol–water partition coefficient (Wildman–Crippen LogP) is 1.74. The summed E-state index contributed by atoms with van der Waals surface area (Å²) in [7, 11) is 4.72. The molecule has 1 aromatic carbocycles. The van der Waals surface area contributed by atoms with Crippen molar-refractivity contribution in [3.8, 4) is 17.6 Å². The molecule has 0 amide bonds. The van der Waals surface area contributed by atoms with Crippen molar-refractivity contribution in [3.63, 3.8) is 0 Å². The molecule has 1 aromatic heterocycles. The third-order valence-corrected chi connectivity index (χ3v) is 3.27. The number of hydrogen-bond acceptors (Lipinski definition) is 4. The second kappa shape index (κ2) is 4.65.